The highest BCUT2D eigenvalue weighted by molar-refractivity contribution is 5.97. The summed E-state index contributed by atoms with van der Waals surface area (Å²) < 4.78 is 5.33. The molecule has 3 N–H and O–H groups in total. The molecule has 0 saturated carbocycles. The number of anilines is 2. The number of pyridine rings is 1. The van der Waals surface area contributed by atoms with E-state index < -0.39 is 0 Å². The van der Waals surface area contributed by atoms with Crippen molar-refractivity contribution in [1.82, 2.24) is 15.2 Å². The fourth-order valence-electron chi connectivity index (χ4n) is 2.60. The Hall–Kier alpha value is -2.35. The molecule has 0 bridgehead atoms. The highest BCUT2D eigenvalue weighted by Gasteiger charge is 2.28. The molecule has 8 nitrogen and oxygen atoms in total. The molecule has 1 aromatic rings. The van der Waals surface area contributed by atoms with Gasteiger partial charge in [-0.2, -0.15) is 0 Å². The molecule has 8 heteroatoms. The Kier molecular flexibility index (Phi) is 4.10. The van der Waals surface area contributed by atoms with Gasteiger partial charge in [0.05, 0.1) is 0 Å². The van der Waals surface area contributed by atoms with Crippen molar-refractivity contribution in [3.8, 4) is 5.75 Å². The molecule has 1 aromatic heterocycles. The van der Waals surface area contributed by atoms with E-state index in [-0.39, 0.29) is 31.4 Å². The quantitative estimate of drug-likeness (QED) is 0.759. The minimum absolute atomic E-state index is 0.0412. The lowest BCUT2D eigenvalue weighted by Crippen LogP contribution is -2.48. The molecule has 0 spiro atoms. The van der Waals surface area contributed by atoms with Crippen molar-refractivity contribution in [2.45, 2.75) is 6.42 Å². The summed E-state index contributed by atoms with van der Waals surface area (Å²) in [7, 11) is 0. The van der Waals surface area contributed by atoms with Crippen molar-refractivity contribution in [3.63, 3.8) is 0 Å². The van der Waals surface area contributed by atoms with Crippen LogP contribution in [0.3, 0.4) is 0 Å². The predicted molar refractivity (Wildman–Crippen MR) is 80.6 cm³/mol. The third-order valence-corrected chi connectivity index (χ3v) is 3.79. The van der Waals surface area contributed by atoms with E-state index in [1.165, 1.54) is 4.90 Å². The van der Waals surface area contributed by atoms with Crippen LogP contribution in [0, 0.1) is 0 Å². The molecule has 2 amide bonds. The number of nitrogen functional groups attached to an aromatic ring is 1. The first-order valence-electron chi connectivity index (χ1n) is 7.33. The van der Waals surface area contributed by atoms with Crippen LogP contribution in [-0.4, -0.2) is 61.0 Å². The highest BCUT2D eigenvalue weighted by atomic mass is 16.5. The number of nitrogens with zero attached hydrogens (tertiary/aromatic N) is 3. The van der Waals surface area contributed by atoms with Crippen LogP contribution < -0.4 is 20.7 Å². The average Bonchev–Trinajstić information content (AvgIpc) is 2.54. The smallest absolute Gasteiger partial charge is 0.266 e. The second-order valence-corrected chi connectivity index (χ2v) is 5.27. The van der Waals surface area contributed by atoms with Gasteiger partial charge in [-0.3, -0.25) is 14.5 Å². The highest BCUT2D eigenvalue weighted by Crippen LogP contribution is 2.30. The second-order valence-electron chi connectivity index (χ2n) is 5.27. The summed E-state index contributed by atoms with van der Waals surface area (Å²) in [5.74, 6) is 1.06. The lowest BCUT2D eigenvalue weighted by molar-refractivity contribution is -0.131. The van der Waals surface area contributed by atoms with Crippen LogP contribution in [0.1, 0.15) is 6.42 Å². The summed E-state index contributed by atoms with van der Waals surface area (Å²) in [6.07, 6.45) is 0.266. The van der Waals surface area contributed by atoms with E-state index in [0.29, 0.717) is 30.5 Å². The van der Waals surface area contributed by atoms with Crippen molar-refractivity contribution in [3.05, 3.63) is 12.1 Å². The van der Waals surface area contributed by atoms with Crippen LogP contribution >= 0.6 is 0 Å². The summed E-state index contributed by atoms with van der Waals surface area (Å²) in [5.41, 5.74) is 5.68. The van der Waals surface area contributed by atoms with E-state index in [2.05, 4.69) is 10.3 Å². The van der Waals surface area contributed by atoms with E-state index in [1.54, 1.807) is 12.1 Å². The Labute approximate surface area is 128 Å². The van der Waals surface area contributed by atoms with Crippen LogP contribution in [0.4, 0.5) is 11.6 Å². The minimum Gasteiger partial charge on any atom is -0.480 e. The topological polar surface area (TPSA) is 101 Å². The van der Waals surface area contributed by atoms with Crippen molar-refractivity contribution in [1.29, 1.82) is 0 Å². The molecule has 118 valence electrons. The summed E-state index contributed by atoms with van der Waals surface area (Å²) in [4.78, 5) is 31.7. The number of ether oxygens (including phenoxy) is 1. The SMILES string of the molecule is Nc1ccc2c(n1)N(CCC(=O)N1CCNCC1)C(=O)CO2. The molecule has 22 heavy (non-hydrogen) atoms. The van der Waals surface area contributed by atoms with Crippen molar-refractivity contribution < 1.29 is 14.3 Å². The first kappa shape index (κ1) is 14.6. The van der Waals surface area contributed by atoms with E-state index >= 15 is 0 Å². The summed E-state index contributed by atoms with van der Waals surface area (Å²) in [6.45, 7) is 3.27. The molecule has 2 aliphatic rings. The zero-order chi connectivity index (χ0) is 15.5. The largest absolute Gasteiger partial charge is 0.480 e. The molecule has 0 aromatic carbocycles. The van der Waals surface area contributed by atoms with Gasteiger partial charge in [-0.15, -0.1) is 0 Å². The van der Waals surface area contributed by atoms with Crippen LogP contribution in [0.2, 0.25) is 0 Å². The lowest BCUT2D eigenvalue weighted by atomic mass is 10.2. The average molecular weight is 305 g/mol. The van der Waals surface area contributed by atoms with Gasteiger partial charge in [-0.25, -0.2) is 4.98 Å². The molecule has 3 heterocycles. The number of nitrogens with one attached hydrogen (secondary N) is 1. The third-order valence-electron chi connectivity index (χ3n) is 3.79. The minimum atomic E-state index is -0.210. The van der Waals surface area contributed by atoms with Crippen molar-refractivity contribution in [2.75, 3.05) is 50.0 Å². The maximum atomic E-state index is 12.2. The van der Waals surface area contributed by atoms with Gasteiger partial charge < -0.3 is 20.7 Å². The Balaban J connectivity index is 1.68. The van der Waals surface area contributed by atoms with Crippen LogP contribution in [0.25, 0.3) is 0 Å². The first-order valence-corrected chi connectivity index (χ1v) is 7.33. The van der Waals surface area contributed by atoms with E-state index in [0.717, 1.165) is 13.1 Å². The molecule has 0 atom stereocenters. The Bertz CT molecular complexity index is 586. The Morgan fingerprint density at radius 2 is 2.14 bits per heavy atom. The summed E-state index contributed by atoms with van der Waals surface area (Å²) in [5, 5.41) is 3.20. The van der Waals surface area contributed by atoms with Crippen molar-refractivity contribution in [2.24, 2.45) is 0 Å². The van der Waals surface area contributed by atoms with Crippen molar-refractivity contribution >= 4 is 23.5 Å². The zero-order valence-electron chi connectivity index (χ0n) is 12.2. The number of carbonyl (C=O) groups is 2. The van der Waals surface area contributed by atoms with Crippen LogP contribution in [0.15, 0.2) is 12.1 Å². The lowest BCUT2D eigenvalue weighted by Gasteiger charge is -2.30. The predicted octanol–water partition coefficient (Wildman–Crippen LogP) is -0.789. The van der Waals surface area contributed by atoms with Gasteiger partial charge in [0.1, 0.15) is 5.82 Å². The summed E-state index contributed by atoms with van der Waals surface area (Å²) in [6, 6.07) is 3.31. The number of fused-ring (bicyclic) bond motifs is 1. The molecular formula is C14H19N5O3. The van der Waals surface area contributed by atoms with Crippen LogP contribution in [-0.2, 0) is 9.59 Å². The maximum Gasteiger partial charge on any atom is 0.266 e. The summed E-state index contributed by atoms with van der Waals surface area (Å²) >= 11 is 0. The van der Waals surface area contributed by atoms with Gasteiger partial charge >= 0.3 is 0 Å². The third kappa shape index (κ3) is 2.96. The number of rotatable bonds is 3. The van der Waals surface area contributed by atoms with Gasteiger partial charge in [0, 0.05) is 39.1 Å². The number of carbonyl (C=O) groups excluding carboxylic acids is 2. The Morgan fingerprint density at radius 1 is 1.36 bits per heavy atom. The fraction of sp³-hybridized carbons (Fsp3) is 0.500. The monoisotopic (exact) mass is 305 g/mol. The van der Waals surface area contributed by atoms with Crippen LogP contribution in [0.5, 0.6) is 5.75 Å². The molecule has 2 aliphatic heterocycles. The molecule has 3 rings (SSSR count). The van der Waals surface area contributed by atoms with E-state index in [4.69, 9.17) is 10.5 Å². The molecule has 1 fully saturated rings. The Morgan fingerprint density at radius 3 is 2.91 bits per heavy atom. The van der Waals surface area contributed by atoms with E-state index in [1.807, 2.05) is 4.90 Å². The van der Waals surface area contributed by atoms with Gasteiger partial charge in [-0.1, -0.05) is 0 Å². The maximum absolute atomic E-state index is 12.2. The van der Waals surface area contributed by atoms with Gasteiger partial charge in [0.25, 0.3) is 5.91 Å². The molecule has 0 radical (unpaired) electrons. The van der Waals surface area contributed by atoms with Gasteiger partial charge in [0.15, 0.2) is 18.2 Å². The number of hydrogen-bond acceptors (Lipinski definition) is 6. The fourth-order valence-corrected chi connectivity index (χ4v) is 2.60. The normalized spacial score (nSPS) is 17.9. The van der Waals surface area contributed by atoms with Gasteiger partial charge in [0.2, 0.25) is 5.91 Å². The molecular weight excluding hydrogens is 286 g/mol. The molecule has 0 unspecified atom stereocenters. The zero-order valence-corrected chi connectivity index (χ0v) is 12.2. The standard InChI is InChI=1S/C14H19N5O3/c15-11-2-1-10-14(17-11)19(13(21)9-22-10)6-3-12(20)18-7-4-16-5-8-18/h1-2,16H,3-9H2,(H2,15,17). The number of nitrogens with two attached hydrogens (primary N) is 1. The first-order chi connectivity index (χ1) is 10.6. The molecule has 1 saturated heterocycles. The number of hydrogen-bond donors (Lipinski definition) is 2. The number of piperazine rings is 1. The number of amides is 2. The number of aromatic nitrogens is 1. The molecule has 0 aliphatic carbocycles. The van der Waals surface area contributed by atoms with Gasteiger partial charge in [-0.05, 0) is 12.1 Å². The second kappa shape index (κ2) is 6.18. The van der Waals surface area contributed by atoms with E-state index in [9.17, 15) is 9.59 Å².